The third kappa shape index (κ3) is 6.35. The van der Waals surface area contributed by atoms with E-state index in [1.807, 2.05) is 0 Å². The molecule has 0 radical (unpaired) electrons. The van der Waals surface area contributed by atoms with Gasteiger partial charge in [0.15, 0.2) is 5.78 Å². The van der Waals surface area contributed by atoms with E-state index in [2.05, 4.69) is 76.2 Å². The van der Waals surface area contributed by atoms with Gasteiger partial charge in [0.05, 0.1) is 0 Å². The van der Waals surface area contributed by atoms with E-state index in [4.69, 9.17) is 0 Å². The molecule has 35 heavy (non-hydrogen) atoms. The Morgan fingerprint density at radius 2 is 1.66 bits per heavy atom. The number of carbonyl (C=O) groups excluding carboxylic acids is 1. The van der Waals surface area contributed by atoms with Crippen LogP contribution in [0.3, 0.4) is 0 Å². The summed E-state index contributed by atoms with van der Waals surface area (Å²) in [4.78, 5) is 14.1. The van der Waals surface area contributed by atoms with Crippen LogP contribution >= 0.6 is 0 Å². The number of allylic oxidation sites excluding steroid dienone is 1. The summed E-state index contributed by atoms with van der Waals surface area (Å²) in [7, 11) is 0. The molecule has 1 unspecified atom stereocenters. The number of hydrogen-bond acceptors (Lipinski definition) is 1. The van der Waals surface area contributed by atoms with Crippen molar-refractivity contribution in [2.45, 2.75) is 104 Å². The van der Waals surface area contributed by atoms with Crippen LogP contribution in [0.5, 0.6) is 0 Å². The summed E-state index contributed by atoms with van der Waals surface area (Å²) >= 11 is 0. The fraction of sp³-hybridized carbons (Fsp3) is 0.559. The third-order valence-corrected chi connectivity index (χ3v) is 8.97. The highest BCUT2D eigenvalue weighted by Gasteiger charge is 2.31. The zero-order chi connectivity index (χ0) is 24.8. The van der Waals surface area contributed by atoms with Crippen molar-refractivity contribution in [2.24, 2.45) is 17.8 Å². The Bertz CT molecular complexity index is 998. The lowest BCUT2D eigenvalue weighted by atomic mass is 9.73. The van der Waals surface area contributed by atoms with Gasteiger partial charge < -0.3 is 0 Å². The highest BCUT2D eigenvalue weighted by molar-refractivity contribution is 5.99. The highest BCUT2D eigenvalue weighted by Crippen LogP contribution is 2.37. The van der Waals surface area contributed by atoms with E-state index in [1.165, 1.54) is 85.6 Å². The predicted octanol–water partition coefficient (Wildman–Crippen LogP) is 9.51. The number of hydrogen-bond donors (Lipinski definition) is 0. The third-order valence-electron chi connectivity index (χ3n) is 8.97. The lowest BCUT2D eigenvalue weighted by molar-refractivity contribution is 0.0844. The van der Waals surface area contributed by atoms with E-state index in [0.29, 0.717) is 11.7 Å². The van der Waals surface area contributed by atoms with Gasteiger partial charge >= 0.3 is 0 Å². The number of benzene rings is 2. The maximum atomic E-state index is 14.1. The second-order valence-corrected chi connectivity index (χ2v) is 11.5. The van der Waals surface area contributed by atoms with Crippen molar-refractivity contribution in [3.63, 3.8) is 0 Å². The van der Waals surface area contributed by atoms with Crippen molar-refractivity contribution in [3.05, 3.63) is 75.9 Å². The van der Waals surface area contributed by atoms with Gasteiger partial charge in [0.2, 0.25) is 0 Å². The van der Waals surface area contributed by atoms with Gasteiger partial charge in [-0.05, 0) is 110 Å². The zero-order valence-corrected chi connectivity index (χ0v) is 22.6. The second-order valence-electron chi connectivity index (χ2n) is 11.5. The van der Waals surface area contributed by atoms with Crippen LogP contribution in [0.2, 0.25) is 0 Å². The van der Waals surface area contributed by atoms with Gasteiger partial charge in [-0.2, -0.15) is 0 Å². The molecule has 0 spiro atoms. The lowest BCUT2D eigenvalue weighted by Crippen LogP contribution is -2.28. The van der Waals surface area contributed by atoms with Gasteiger partial charge in [0.1, 0.15) is 0 Å². The van der Waals surface area contributed by atoms with Crippen LogP contribution in [-0.2, 0) is 12.8 Å². The van der Waals surface area contributed by atoms with Crippen molar-refractivity contribution >= 4 is 11.9 Å². The number of rotatable bonds is 8. The minimum Gasteiger partial charge on any atom is -0.294 e. The molecule has 1 atom stereocenters. The first-order valence-electron chi connectivity index (χ1n) is 14.4. The average Bonchev–Trinajstić information content (AvgIpc) is 2.88. The maximum Gasteiger partial charge on any atom is 0.166 e. The van der Waals surface area contributed by atoms with Gasteiger partial charge in [-0.1, -0.05) is 82.4 Å². The SMILES string of the molecule is C/C=C\c1cc(C(=O)C(Cc2ccc(C3CCC(C)CC3)cc2)C2CCCCC2)cc(C)c1CC. The van der Waals surface area contributed by atoms with E-state index < -0.39 is 0 Å². The summed E-state index contributed by atoms with van der Waals surface area (Å²) in [6.07, 6.45) is 17.8. The Kier molecular flexibility index (Phi) is 9.04. The highest BCUT2D eigenvalue weighted by atomic mass is 16.1. The van der Waals surface area contributed by atoms with Gasteiger partial charge in [-0.15, -0.1) is 0 Å². The molecular formula is C34H46O. The summed E-state index contributed by atoms with van der Waals surface area (Å²) < 4.78 is 0. The molecule has 1 heteroatoms. The van der Waals surface area contributed by atoms with Crippen molar-refractivity contribution in [2.75, 3.05) is 0 Å². The number of ketones is 1. The number of Topliss-reactive ketones (excluding diaryl/α,β-unsaturated/α-hetero) is 1. The molecule has 2 aliphatic rings. The Balaban J connectivity index is 1.58. The fourth-order valence-corrected chi connectivity index (χ4v) is 6.80. The summed E-state index contributed by atoms with van der Waals surface area (Å²) in [6.45, 7) is 8.83. The van der Waals surface area contributed by atoms with Gasteiger partial charge in [0, 0.05) is 11.5 Å². The van der Waals surface area contributed by atoms with Crippen molar-refractivity contribution in [1.29, 1.82) is 0 Å². The molecule has 188 valence electrons. The number of aryl methyl sites for hydroxylation is 1. The van der Waals surface area contributed by atoms with E-state index in [0.717, 1.165) is 30.2 Å². The van der Waals surface area contributed by atoms with E-state index in [9.17, 15) is 4.79 Å². The summed E-state index contributed by atoms with van der Waals surface area (Å²) in [6, 6.07) is 13.7. The lowest BCUT2D eigenvalue weighted by Gasteiger charge is -2.30. The van der Waals surface area contributed by atoms with Crippen LogP contribution in [-0.4, -0.2) is 5.78 Å². The first-order chi connectivity index (χ1) is 17.0. The molecule has 0 N–H and O–H groups in total. The minimum absolute atomic E-state index is 0.0852. The Labute approximate surface area is 214 Å². The molecule has 2 aliphatic carbocycles. The molecule has 1 nitrogen and oxygen atoms in total. The van der Waals surface area contributed by atoms with Gasteiger partial charge in [0.25, 0.3) is 0 Å². The van der Waals surface area contributed by atoms with E-state index >= 15 is 0 Å². The van der Waals surface area contributed by atoms with Crippen LogP contribution in [0, 0.1) is 24.7 Å². The minimum atomic E-state index is 0.0852. The summed E-state index contributed by atoms with van der Waals surface area (Å²) in [5.41, 5.74) is 7.57. The molecule has 2 aromatic carbocycles. The Hall–Kier alpha value is -2.15. The van der Waals surface area contributed by atoms with Gasteiger partial charge in [-0.3, -0.25) is 4.79 Å². The molecule has 2 aromatic rings. The molecule has 4 rings (SSSR count). The average molecular weight is 471 g/mol. The molecule has 2 saturated carbocycles. The summed E-state index contributed by atoms with van der Waals surface area (Å²) in [5, 5.41) is 0. The van der Waals surface area contributed by atoms with Crippen molar-refractivity contribution < 1.29 is 4.79 Å². The van der Waals surface area contributed by atoms with E-state index in [-0.39, 0.29) is 5.92 Å². The van der Waals surface area contributed by atoms with Crippen LogP contribution < -0.4 is 0 Å². The molecule has 0 aromatic heterocycles. The van der Waals surface area contributed by atoms with Crippen LogP contribution in [0.4, 0.5) is 0 Å². The quantitative estimate of drug-likeness (QED) is 0.351. The molecule has 0 heterocycles. The maximum absolute atomic E-state index is 14.1. The van der Waals surface area contributed by atoms with Gasteiger partial charge in [-0.25, -0.2) is 0 Å². The first kappa shape index (κ1) is 25.9. The van der Waals surface area contributed by atoms with Crippen LogP contribution in [0.25, 0.3) is 6.08 Å². The van der Waals surface area contributed by atoms with Crippen LogP contribution in [0.15, 0.2) is 42.5 Å². The Morgan fingerprint density at radius 1 is 0.971 bits per heavy atom. The second kappa shape index (κ2) is 12.2. The monoisotopic (exact) mass is 470 g/mol. The fourth-order valence-electron chi connectivity index (χ4n) is 6.80. The predicted molar refractivity (Wildman–Crippen MR) is 150 cm³/mol. The van der Waals surface area contributed by atoms with Crippen LogP contribution in [0.1, 0.15) is 123 Å². The van der Waals surface area contributed by atoms with Crippen molar-refractivity contribution in [1.82, 2.24) is 0 Å². The molecule has 2 fully saturated rings. The normalized spacial score (nSPS) is 22.4. The topological polar surface area (TPSA) is 17.1 Å². The molecule has 0 bridgehead atoms. The summed E-state index contributed by atoms with van der Waals surface area (Å²) in [5.74, 6) is 2.56. The molecule has 0 saturated heterocycles. The zero-order valence-electron chi connectivity index (χ0n) is 22.6. The molecule has 0 aliphatic heterocycles. The molecular weight excluding hydrogens is 424 g/mol. The largest absolute Gasteiger partial charge is 0.294 e. The number of carbonyl (C=O) groups is 1. The first-order valence-corrected chi connectivity index (χ1v) is 14.4. The van der Waals surface area contributed by atoms with Crippen molar-refractivity contribution in [3.8, 4) is 0 Å². The molecule has 0 amide bonds. The Morgan fingerprint density at radius 3 is 2.29 bits per heavy atom. The standard InChI is InChI=1S/C34H46O/c1-5-10-30-23-31(21-25(4)32(30)6-2)34(35)33(29-11-8-7-9-12-29)22-26-15-19-28(20-16-26)27-17-13-24(3)14-18-27/h5,10,15-16,19-21,23-24,27,29,33H,6-9,11-14,17-18,22H2,1-4H3/b10-5-. The van der Waals surface area contributed by atoms with E-state index in [1.54, 1.807) is 0 Å². The smallest absolute Gasteiger partial charge is 0.166 e.